The summed E-state index contributed by atoms with van der Waals surface area (Å²) in [6, 6.07) is 16.2. The highest BCUT2D eigenvalue weighted by molar-refractivity contribution is 7.99. The molecule has 156 valence electrons. The molecule has 1 fully saturated rings. The summed E-state index contributed by atoms with van der Waals surface area (Å²) in [5, 5.41) is 12.4. The summed E-state index contributed by atoms with van der Waals surface area (Å²) in [5.41, 5.74) is 3.35. The Bertz CT molecular complexity index is 1010. The summed E-state index contributed by atoms with van der Waals surface area (Å²) in [7, 11) is 1.64. The van der Waals surface area contributed by atoms with Gasteiger partial charge in [0.1, 0.15) is 11.6 Å². The van der Waals surface area contributed by atoms with Crippen LogP contribution in [-0.4, -0.2) is 33.5 Å². The molecular weight excluding hydrogens is 396 g/mol. The van der Waals surface area contributed by atoms with Gasteiger partial charge < -0.3 is 10.1 Å². The first-order valence-corrected chi connectivity index (χ1v) is 11.1. The van der Waals surface area contributed by atoms with Gasteiger partial charge in [-0.25, -0.2) is 0 Å². The van der Waals surface area contributed by atoms with E-state index < -0.39 is 0 Å². The molecule has 1 atom stereocenters. The van der Waals surface area contributed by atoms with Crippen LogP contribution in [0, 0.1) is 19.8 Å². The van der Waals surface area contributed by atoms with Crippen LogP contribution in [0.15, 0.2) is 53.7 Å². The maximum absolute atomic E-state index is 12.7. The molecule has 0 bridgehead atoms. The van der Waals surface area contributed by atoms with E-state index in [0.29, 0.717) is 16.8 Å². The molecule has 1 heterocycles. The Balaban J connectivity index is 1.43. The Labute approximate surface area is 181 Å². The average Bonchev–Trinajstić information content (AvgIpc) is 3.54. The third kappa shape index (κ3) is 4.67. The molecule has 1 aliphatic carbocycles. The lowest BCUT2D eigenvalue weighted by molar-refractivity contribution is -0.119. The molecule has 6 nitrogen and oxygen atoms in total. The number of carbonyl (C=O) groups excluding carboxylic acids is 1. The molecule has 0 aliphatic heterocycles. The fraction of sp³-hybridized carbons (Fsp3) is 0.348. The minimum atomic E-state index is 0.0133. The molecule has 7 heteroatoms. The van der Waals surface area contributed by atoms with Crippen molar-refractivity contribution < 1.29 is 9.53 Å². The number of nitrogens with zero attached hydrogens (tertiary/aromatic N) is 3. The highest BCUT2D eigenvalue weighted by Crippen LogP contribution is 2.41. The highest BCUT2D eigenvalue weighted by atomic mass is 32.2. The normalized spacial score (nSPS) is 14.4. The quantitative estimate of drug-likeness (QED) is 0.550. The first-order chi connectivity index (χ1) is 14.5. The number of amides is 1. The summed E-state index contributed by atoms with van der Waals surface area (Å²) < 4.78 is 7.19. The van der Waals surface area contributed by atoms with E-state index in [1.165, 1.54) is 22.9 Å². The lowest BCUT2D eigenvalue weighted by Gasteiger charge is -2.19. The van der Waals surface area contributed by atoms with E-state index in [2.05, 4.69) is 46.7 Å². The van der Waals surface area contributed by atoms with Crippen LogP contribution in [0.4, 0.5) is 0 Å². The van der Waals surface area contributed by atoms with Crippen molar-refractivity contribution in [2.45, 2.75) is 37.9 Å². The van der Waals surface area contributed by atoms with Gasteiger partial charge >= 0.3 is 0 Å². The fourth-order valence-corrected chi connectivity index (χ4v) is 4.30. The number of nitrogens with one attached hydrogen (secondary N) is 1. The van der Waals surface area contributed by atoms with Crippen molar-refractivity contribution >= 4 is 17.7 Å². The zero-order valence-corrected chi connectivity index (χ0v) is 18.3. The van der Waals surface area contributed by atoms with Gasteiger partial charge in [0.05, 0.1) is 18.9 Å². The van der Waals surface area contributed by atoms with Crippen molar-refractivity contribution in [2.75, 3.05) is 12.9 Å². The van der Waals surface area contributed by atoms with Gasteiger partial charge in [-0.15, -0.1) is 10.2 Å². The molecule has 1 N–H and O–H groups in total. The predicted molar refractivity (Wildman–Crippen MR) is 118 cm³/mol. The summed E-state index contributed by atoms with van der Waals surface area (Å²) >= 11 is 1.40. The number of carbonyl (C=O) groups is 1. The standard InChI is InChI=1S/C23H26N4O2S/c1-15-4-6-17(7-5-15)22(18-8-9-18)24-21(28)14-30-23-26-25-16(2)27(23)19-10-12-20(29-3)13-11-19/h4-7,10-13,18,22H,8-9,14H2,1-3H3,(H,24,28). The number of hydrogen-bond donors (Lipinski definition) is 1. The smallest absolute Gasteiger partial charge is 0.230 e. The molecule has 1 unspecified atom stereocenters. The van der Waals surface area contributed by atoms with Crippen molar-refractivity contribution in [3.63, 3.8) is 0 Å². The Morgan fingerprint density at radius 3 is 2.47 bits per heavy atom. The van der Waals surface area contributed by atoms with Gasteiger partial charge in [0.25, 0.3) is 0 Å². The number of benzene rings is 2. The third-order valence-electron chi connectivity index (χ3n) is 5.30. The number of methoxy groups -OCH3 is 1. The third-order valence-corrected chi connectivity index (χ3v) is 6.23. The minimum Gasteiger partial charge on any atom is -0.497 e. The molecule has 1 aromatic heterocycles. The van der Waals surface area contributed by atoms with E-state index in [9.17, 15) is 4.79 Å². The number of hydrogen-bond acceptors (Lipinski definition) is 5. The first-order valence-electron chi connectivity index (χ1n) is 10.1. The van der Waals surface area contributed by atoms with Crippen LogP contribution >= 0.6 is 11.8 Å². The van der Waals surface area contributed by atoms with E-state index in [1.54, 1.807) is 7.11 Å². The maximum atomic E-state index is 12.7. The van der Waals surface area contributed by atoms with Gasteiger partial charge in [0, 0.05) is 5.69 Å². The lowest BCUT2D eigenvalue weighted by atomic mass is 10.0. The lowest BCUT2D eigenvalue weighted by Crippen LogP contribution is -2.31. The number of aryl methyl sites for hydroxylation is 2. The Hall–Kier alpha value is -2.80. The van der Waals surface area contributed by atoms with Gasteiger partial charge in [-0.3, -0.25) is 9.36 Å². The second kappa shape index (κ2) is 8.92. The Kier molecular flexibility index (Phi) is 6.08. The van der Waals surface area contributed by atoms with Gasteiger partial charge in [0.15, 0.2) is 5.16 Å². The highest BCUT2D eigenvalue weighted by Gasteiger charge is 2.33. The topological polar surface area (TPSA) is 69.0 Å². The van der Waals surface area contributed by atoms with Gasteiger partial charge in [0.2, 0.25) is 5.91 Å². The summed E-state index contributed by atoms with van der Waals surface area (Å²) in [5.74, 6) is 2.41. The van der Waals surface area contributed by atoms with Crippen LogP contribution in [0.25, 0.3) is 5.69 Å². The van der Waals surface area contributed by atoms with Crippen molar-refractivity contribution in [2.24, 2.45) is 5.92 Å². The second-order valence-electron chi connectivity index (χ2n) is 7.65. The van der Waals surface area contributed by atoms with Gasteiger partial charge in [-0.2, -0.15) is 0 Å². The van der Waals surface area contributed by atoms with Crippen molar-refractivity contribution in [1.82, 2.24) is 20.1 Å². The zero-order chi connectivity index (χ0) is 21.1. The molecule has 0 saturated heterocycles. The second-order valence-corrected chi connectivity index (χ2v) is 8.59. The van der Waals surface area contributed by atoms with E-state index in [0.717, 1.165) is 30.1 Å². The first kappa shape index (κ1) is 20.5. The number of ether oxygens (including phenoxy) is 1. The molecular formula is C23H26N4O2S. The van der Waals surface area contributed by atoms with Crippen LogP contribution in [-0.2, 0) is 4.79 Å². The molecule has 0 spiro atoms. The Morgan fingerprint density at radius 1 is 1.13 bits per heavy atom. The largest absolute Gasteiger partial charge is 0.497 e. The number of aromatic nitrogens is 3. The molecule has 1 amide bonds. The minimum absolute atomic E-state index is 0.0133. The average molecular weight is 423 g/mol. The molecule has 30 heavy (non-hydrogen) atoms. The van der Waals surface area contributed by atoms with E-state index in [-0.39, 0.29) is 11.9 Å². The van der Waals surface area contributed by atoms with E-state index in [4.69, 9.17) is 4.74 Å². The van der Waals surface area contributed by atoms with E-state index in [1.807, 2.05) is 35.8 Å². The van der Waals surface area contributed by atoms with Crippen molar-refractivity contribution in [1.29, 1.82) is 0 Å². The van der Waals surface area contributed by atoms with E-state index >= 15 is 0 Å². The van der Waals surface area contributed by atoms with Crippen LogP contribution in [0.5, 0.6) is 5.75 Å². The molecule has 0 radical (unpaired) electrons. The summed E-state index contributed by atoms with van der Waals surface area (Å²) in [4.78, 5) is 12.7. The van der Waals surface area contributed by atoms with Gasteiger partial charge in [-0.05, 0) is 62.4 Å². The van der Waals surface area contributed by atoms with Crippen LogP contribution in [0.2, 0.25) is 0 Å². The predicted octanol–water partition coefficient (Wildman–Crippen LogP) is 4.25. The van der Waals surface area contributed by atoms with Crippen LogP contribution in [0.1, 0.15) is 35.8 Å². The summed E-state index contributed by atoms with van der Waals surface area (Å²) in [6.07, 6.45) is 2.33. The fourth-order valence-electron chi connectivity index (χ4n) is 3.49. The van der Waals surface area contributed by atoms with Gasteiger partial charge in [-0.1, -0.05) is 41.6 Å². The number of rotatable bonds is 8. The Morgan fingerprint density at radius 2 is 1.83 bits per heavy atom. The molecule has 4 rings (SSSR count). The maximum Gasteiger partial charge on any atom is 0.230 e. The molecule has 1 saturated carbocycles. The van der Waals surface area contributed by atoms with Crippen molar-refractivity contribution in [3.8, 4) is 11.4 Å². The molecule has 3 aromatic rings. The van der Waals surface area contributed by atoms with Crippen molar-refractivity contribution in [3.05, 3.63) is 65.5 Å². The van der Waals surface area contributed by atoms with Crippen LogP contribution in [0.3, 0.4) is 0 Å². The molecule has 1 aliphatic rings. The summed E-state index contributed by atoms with van der Waals surface area (Å²) in [6.45, 7) is 3.98. The zero-order valence-electron chi connectivity index (χ0n) is 17.5. The SMILES string of the molecule is COc1ccc(-n2c(C)nnc2SCC(=O)NC(c2ccc(C)cc2)C2CC2)cc1. The number of thioether (sulfide) groups is 1. The monoisotopic (exact) mass is 422 g/mol. The van der Waals surface area contributed by atoms with Crippen LogP contribution < -0.4 is 10.1 Å². The molecule has 2 aromatic carbocycles.